The number of benzene rings is 1. The lowest BCUT2D eigenvalue weighted by Crippen LogP contribution is -2.04. The third-order valence-electron chi connectivity index (χ3n) is 2.31. The van der Waals surface area contributed by atoms with Crippen LogP contribution in [0.2, 0.25) is 5.02 Å². The number of nitrogens with zero attached hydrogens (tertiary/aromatic N) is 2. The molecule has 0 amide bonds. The maximum Gasteiger partial charge on any atom is 0.318 e. The minimum absolute atomic E-state index is 0.286. The van der Waals surface area contributed by atoms with Gasteiger partial charge in [-0.3, -0.25) is 0 Å². The smallest absolute Gasteiger partial charge is 0.318 e. The van der Waals surface area contributed by atoms with Crippen LogP contribution in [-0.2, 0) is 6.54 Å². The number of rotatable bonds is 4. The second-order valence-electron chi connectivity index (χ2n) is 3.50. The summed E-state index contributed by atoms with van der Waals surface area (Å²) < 4.78 is 5.99. The van der Waals surface area contributed by atoms with E-state index in [2.05, 4.69) is 31.2 Å². The fourth-order valence-corrected chi connectivity index (χ4v) is 1.98. The average Bonchev–Trinajstić information content (AvgIpc) is 2.39. The zero-order valence-electron chi connectivity index (χ0n) is 9.65. The highest BCUT2D eigenvalue weighted by molar-refractivity contribution is 9.10. The van der Waals surface area contributed by atoms with Crippen LogP contribution < -0.4 is 10.1 Å². The van der Waals surface area contributed by atoms with Gasteiger partial charge in [-0.15, -0.1) is 0 Å². The lowest BCUT2D eigenvalue weighted by molar-refractivity contribution is 0.380. The summed E-state index contributed by atoms with van der Waals surface area (Å²) in [5.74, 6) is 0.555. The summed E-state index contributed by atoms with van der Waals surface area (Å²) in [6.07, 6.45) is 1.51. The minimum atomic E-state index is 0.286. The molecule has 1 aromatic heterocycles. The van der Waals surface area contributed by atoms with E-state index in [1.807, 2.05) is 24.3 Å². The van der Waals surface area contributed by atoms with Crippen molar-refractivity contribution in [1.82, 2.24) is 9.97 Å². The third-order valence-corrected chi connectivity index (χ3v) is 3.36. The van der Waals surface area contributed by atoms with Crippen LogP contribution in [0.4, 0.5) is 5.82 Å². The lowest BCUT2D eigenvalue weighted by Gasteiger charge is -2.09. The number of methoxy groups -OCH3 is 1. The van der Waals surface area contributed by atoms with Crippen LogP contribution in [-0.4, -0.2) is 17.1 Å². The second-order valence-corrected chi connectivity index (χ2v) is 4.76. The van der Waals surface area contributed by atoms with Gasteiger partial charge in [0, 0.05) is 11.0 Å². The molecule has 2 aromatic rings. The van der Waals surface area contributed by atoms with Crippen LogP contribution >= 0.6 is 27.5 Å². The van der Waals surface area contributed by atoms with Gasteiger partial charge in [-0.1, -0.05) is 45.7 Å². The summed E-state index contributed by atoms with van der Waals surface area (Å²) in [6.45, 7) is 0.612. The maximum atomic E-state index is 6.00. The molecule has 0 spiro atoms. The van der Waals surface area contributed by atoms with E-state index in [1.54, 1.807) is 0 Å². The average molecular weight is 329 g/mol. The zero-order chi connectivity index (χ0) is 13.0. The highest BCUT2D eigenvalue weighted by Gasteiger charge is 2.06. The van der Waals surface area contributed by atoms with Crippen LogP contribution in [0, 0.1) is 0 Å². The molecule has 0 atom stereocenters. The van der Waals surface area contributed by atoms with E-state index in [0.717, 1.165) is 10.0 Å². The molecule has 1 aromatic carbocycles. The maximum absolute atomic E-state index is 6.00. The first-order valence-corrected chi connectivity index (χ1v) is 6.41. The summed E-state index contributed by atoms with van der Waals surface area (Å²) in [5.41, 5.74) is 1.12. The van der Waals surface area contributed by atoms with Crippen molar-refractivity contribution in [3.63, 3.8) is 0 Å². The number of nitrogens with one attached hydrogen (secondary N) is 1. The highest BCUT2D eigenvalue weighted by atomic mass is 79.9. The quantitative estimate of drug-likeness (QED) is 0.933. The van der Waals surface area contributed by atoms with Crippen molar-refractivity contribution in [3.05, 3.63) is 45.5 Å². The summed E-state index contributed by atoms with van der Waals surface area (Å²) in [6, 6.07) is 8.23. The van der Waals surface area contributed by atoms with Gasteiger partial charge in [-0.05, 0) is 11.6 Å². The molecule has 0 fully saturated rings. The summed E-state index contributed by atoms with van der Waals surface area (Å²) in [4.78, 5) is 8.06. The molecule has 0 aliphatic rings. The van der Waals surface area contributed by atoms with Crippen molar-refractivity contribution in [2.24, 2.45) is 0 Å². The van der Waals surface area contributed by atoms with Crippen molar-refractivity contribution in [3.8, 4) is 6.01 Å². The Balaban J connectivity index is 2.13. The van der Waals surface area contributed by atoms with Gasteiger partial charge in [-0.2, -0.15) is 4.98 Å². The lowest BCUT2D eigenvalue weighted by atomic mass is 10.2. The van der Waals surface area contributed by atoms with Crippen LogP contribution in [0.1, 0.15) is 5.56 Å². The van der Waals surface area contributed by atoms with Gasteiger partial charge >= 0.3 is 6.01 Å². The molecule has 0 saturated heterocycles. The van der Waals surface area contributed by atoms with E-state index in [1.165, 1.54) is 13.3 Å². The molecule has 0 bridgehead atoms. The minimum Gasteiger partial charge on any atom is -0.467 e. The predicted molar refractivity (Wildman–Crippen MR) is 75.1 cm³/mol. The van der Waals surface area contributed by atoms with Gasteiger partial charge in [-0.25, -0.2) is 4.98 Å². The fourth-order valence-electron chi connectivity index (χ4n) is 1.39. The van der Waals surface area contributed by atoms with Crippen LogP contribution in [0.3, 0.4) is 0 Å². The SMILES string of the molecule is COc1ncc(Cl)c(NCc2ccccc2Br)n1. The molecule has 18 heavy (non-hydrogen) atoms. The molecule has 4 nitrogen and oxygen atoms in total. The molecule has 2 rings (SSSR count). The molecule has 0 unspecified atom stereocenters. The Morgan fingerprint density at radius 1 is 1.39 bits per heavy atom. The van der Waals surface area contributed by atoms with E-state index in [9.17, 15) is 0 Å². The van der Waals surface area contributed by atoms with Crippen LogP contribution in [0.25, 0.3) is 0 Å². The number of anilines is 1. The largest absolute Gasteiger partial charge is 0.467 e. The first kappa shape index (κ1) is 13.1. The molecular weight excluding hydrogens is 318 g/mol. The number of ether oxygens (including phenoxy) is 1. The Morgan fingerprint density at radius 2 is 2.17 bits per heavy atom. The zero-order valence-corrected chi connectivity index (χ0v) is 12.0. The fraction of sp³-hybridized carbons (Fsp3) is 0.167. The summed E-state index contributed by atoms with van der Waals surface area (Å²) >= 11 is 9.49. The number of halogens is 2. The van der Waals surface area contributed by atoms with Gasteiger partial charge in [0.05, 0.1) is 13.3 Å². The second kappa shape index (κ2) is 6.02. The number of aromatic nitrogens is 2. The van der Waals surface area contributed by atoms with Crippen molar-refractivity contribution in [2.75, 3.05) is 12.4 Å². The van der Waals surface area contributed by atoms with Gasteiger partial charge in [0.15, 0.2) is 5.82 Å². The van der Waals surface area contributed by atoms with Crippen molar-refractivity contribution < 1.29 is 4.74 Å². The highest BCUT2D eigenvalue weighted by Crippen LogP contribution is 2.22. The number of hydrogen-bond donors (Lipinski definition) is 1. The molecule has 1 N–H and O–H groups in total. The van der Waals surface area contributed by atoms with Crippen molar-refractivity contribution >= 4 is 33.3 Å². The van der Waals surface area contributed by atoms with Crippen molar-refractivity contribution in [2.45, 2.75) is 6.54 Å². The van der Waals surface area contributed by atoms with E-state index in [0.29, 0.717) is 17.4 Å². The summed E-state index contributed by atoms with van der Waals surface area (Å²) in [7, 11) is 1.51. The van der Waals surface area contributed by atoms with Crippen molar-refractivity contribution in [1.29, 1.82) is 0 Å². The van der Waals surface area contributed by atoms with Crippen LogP contribution in [0.15, 0.2) is 34.9 Å². The molecule has 0 aliphatic heterocycles. The standard InChI is InChI=1S/C12H11BrClN3O/c1-18-12-16-7-10(14)11(17-12)15-6-8-4-2-3-5-9(8)13/h2-5,7H,6H2,1H3,(H,15,16,17). The molecule has 0 aliphatic carbocycles. The molecule has 0 saturated carbocycles. The molecule has 1 heterocycles. The topological polar surface area (TPSA) is 47.0 Å². The Morgan fingerprint density at radius 3 is 2.89 bits per heavy atom. The normalized spacial score (nSPS) is 10.2. The summed E-state index contributed by atoms with van der Waals surface area (Å²) in [5, 5.41) is 3.61. The molecule has 6 heteroatoms. The first-order chi connectivity index (χ1) is 8.70. The number of hydrogen-bond acceptors (Lipinski definition) is 4. The molecule has 94 valence electrons. The van der Waals surface area contributed by atoms with E-state index in [-0.39, 0.29) is 6.01 Å². The van der Waals surface area contributed by atoms with E-state index < -0.39 is 0 Å². The Labute approximate surface area is 118 Å². The molecular formula is C12H11BrClN3O. The van der Waals surface area contributed by atoms with Gasteiger partial charge < -0.3 is 10.1 Å². The van der Waals surface area contributed by atoms with E-state index >= 15 is 0 Å². The Hall–Kier alpha value is -1.33. The van der Waals surface area contributed by atoms with Gasteiger partial charge in [0.2, 0.25) is 0 Å². The predicted octanol–water partition coefficient (Wildman–Crippen LogP) is 3.51. The van der Waals surface area contributed by atoms with Gasteiger partial charge in [0.1, 0.15) is 5.02 Å². The Bertz CT molecular complexity index is 551. The van der Waals surface area contributed by atoms with Crippen LogP contribution in [0.5, 0.6) is 6.01 Å². The van der Waals surface area contributed by atoms with E-state index in [4.69, 9.17) is 16.3 Å². The third kappa shape index (κ3) is 3.11. The first-order valence-electron chi connectivity index (χ1n) is 5.24. The van der Waals surface area contributed by atoms with Gasteiger partial charge in [0.25, 0.3) is 0 Å². The monoisotopic (exact) mass is 327 g/mol. The Kier molecular flexibility index (Phi) is 4.38. The molecule has 0 radical (unpaired) electrons.